The SMILES string of the molecule is CCCOc1ccccc1NC(=O)CCn1c(-c2cccs2)n[nH]c1=S. The summed E-state index contributed by atoms with van der Waals surface area (Å²) in [7, 11) is 0. The quantitative estimate of drug-likeness (QED) is 0.558. The lowest BCUT2D eigenvalue weighted by molar-refractivity contribution is -0.116. The van der Waals surface area contributed by atoms with Gasteiger partial charge in [-0.05, 0) is 42.2 Å². The number of nitrogens with zero attached hydrogens (tertiary/aromatic N) is 2. The average Bonchev–Trinajstić information content (AvgIpc) is 3.29. The summed E-state index contributed by atoms with van der Waals surface area (Å²) in [6, 6.07) is 11.4. The predicted octanol–water partition coefficient (Wildman–Crippen LogP) is 4.49. The third kappa shape index (κ3) is 4.39. The lowest BCUT2D eigenvalue weighted by Gasteiger charge is -2.12. The monoisotopic (exact) mass is 388 g/mol. The van der Waals surface area contributed by atoms with Crippen LogP contribution in [0.1, 0.15) is 19.8 Å². The molecule has 0 saturated heterocycles. The highest BCUT2D eigenvalue weighted by atomic mass is 32.1. The highest BCUT2D eigenvalue weighted by Gasteiger charge is 2.12. The van der Waals surface area contributed by atoms with Crippen LogP contribution in [0.25, 0.3) is 10.7 Å². The number of aromatic amines is 1. The van der Waals surface area contributed by atoms with Crippen molar-refractivity contribution in [1.29, 1.82) is 0 Å². The van der Waals surface area contributed by atoms with Gasteiger partial charge in [-0.15, -0.1) is 11.3 Å². The van der Waals surface area contributed by atoms with Crippen LogP contribution < -0.4 is 10.1 Å². The molecule has 0 bridgehead atoms. The third-order valence-corrected chi connectivity index (χ3v) is 4.86. The summed E-state index contributed by atoms with van der Waals surface area (Å²) >= 11 is 6.88. The van der Waals surface area contributed by atoms with Crippen molar-refractivity contribution in [3.05, 3.63) is 46.5 Å². The van der Waals surface area contributed by atoms with Crippen LogP contribution in [0, 0.1) is 4.77 Å². The molecule has 0 radical (unpaired) electrons. The van der Waals surface area contributed by atoms with Crippen molar-refractivity contribution in [2.75, 3.05) is 11.9 Å². The van der Waals surface area contributed by atoms with Gasteiger partial charge in [-0.25, -0.2) is 0 Å². The van der Waals surface area contributed by atoms with E-state index in [9.17, 15) is 4.79 Å². The summed E-state index contributed by atoms with van der Waals surface area (Å²) in [5, 5.41) is 12.0. The fraction of sp³-hybridized carbons (Fsp3) is 0.278. The number of benzene rings is 1. The van der Waals surface area contributed by atoms with Crippen LogP contribution in [0.2, 0.25) is 0 Å². The average molecular weight is 389 g/mol. The van der Waals surface area contributed by atoms with Gasteiger partial charge < -0.3 is 10.1 Å². The van der Waals surface area contributed by atoms with Gasteiger partial charge in [0.25, 0.3) is 0 Å². The number of H-pyrrole nitrogens is 1. The first-order valence-electron chi connectivity index (χ1n) is 8.39. The standard InChI is InChI=1S/C18H20N4O2S2/c1-2-11-24-14-7-4-3-6-13(14)19-16(23)9-10-22-17(20-21-18(22)25)15-8-5-12-26-15/h3-8,12H,2,9-11H2,1H3,(H,19,23)(H,21,25). The molecule has 3 aromatic rings. The first-order valence-corrected chi connectivity index (χ1v) is 9.68. The fourth-order valence-corrected chi connectivity index (χ4v) is 3.40. The molecule has 136 valence electrons. The zero-order valence-electron chi connectivity index (χ0n) is 14.4. The van der Waals surface area contributed by atoms with Crippen molar-refractivity contribution < 1.29 is 9.53 Å². The highest BCUT2D eigenvalue weighted by molar-refractivity contribution is 7.71. The Balaban J connectivity index is 1.66. The van der Waals surface area contributed by atoms with Gasteiger partial charge in [-0.1, -0.05) is 25.1 Å². The van der Waals surface area contributed by atoms with E-state index >= 15 is 0 Å². The first-order chi connectivity index (χ1) is 12.7. The Morgan fingerprint density at radius 1 is 1.35 bits per heavy atom. The number of hydrogen-bond donors (Lipinski definition) is 2. The van der Waals surface area contributed by atoms with E-state index in [1.54, 1.807) is 11.3 Å². The molecule has 0 fully saturated rings. The van der Waals surface area contributed by atoms with E-state index in [-0.39, 0.29) is 12.3 Å². The predicted molar refractivity (Wildman–Crippen MR) is 106 cm³/mol. The van der Waals surface area contributed by atoms with Crippen molar-refractivity contribution in [3.63, 3.8) is 0 Å². The molecular weight excluding hydrogens is 368 g/mol. The molecule has 0 aliphatic carbocycles. The molecule has 6 nitrogen and oxygen atoms in total. The van der Waals surface area contributed by atoms with E-state index in [4.69, 9.17) is 17.0 Å². The van der Waals surface area contributed by atoms with Gasteiger partial charge in [0, 0.05) is 13.0 Å². The van der Waals surface area contributed by atoms with Gasteiger partial charge in [-0.3, -0.25) is 14.5 Å². The summed E-state index contributed by atoms with van der Waals surface area (Å²) in [6.07, 6.45) is 1.20. The van der Waals surface area contributed by atoms with Gasteiger partial charge in [0.15, 0.2) is 10.6 Å². The maximum Gasteiger partial charge on any atom is 0.226 e. The lowest BCUT2D eigenvalue weighted by atomic mass is 10.2. The summed E-state index contributed by atoms with van der Waals surface area (Å²) in [5.41, 5.74) is 0.681. The van der Waals surface area contributed by atoms with Gasteiger partial charge in [-0.2, -0.15) is 5.10 Å². The number of hydrogen-bond acceptors (Lipinski definition) is 5. The van der Waals surface area contributed by atoms with Crippen molar-refractivity contribution in [2.24, 2.45) is 0 Å². The van der Waals surface area contributed by atoms with Crippen molar-refractivity contribution in [2.45, 2.75) is 26.3 Å². The fourth-order valence-electron chi connectivity index (χ4n) is 2.45. The van der Waals surface area contributed by atoms with E-state index < -0.39 is 0 Å². The molecule has 0 saturated carbocycles. The second-order valence-electron chi connectivity index (χ2n) is 5.62. The van der Waals surface area contributed by atoms with Gasteiger partial charge in [0.05, 0.1) is 17.2 Å². The minimum Gasteiger partial charge on any atom is -0.491 e. The lowest BCUT2D eigenvalue weighted by Crippen LogP contribution is -2.15. The molecule has 0 aliphatic heterocycles. The number of amides is 1. The minimum atomic E-state index is -0.0993. The van der Waals surface area contributed by atoms with Crippen LogP contribution in [0.4, 0.5) is 5.69 Å². The molecule has 26 heavy (non-hydrogen) atoms. The minimum absolute atomic E-state index is 0.0993. The van der Waals surface area contributed by atoms with E-state index in [0.29, 0.717) is 29.4 Å². The van der Waals surface area contributed by atoms with Crippen LogP contribution in [0.5, 0.6) is 5.75 Å². The number of thiophene rings is 1. The number of para-hydroxylation sites is 2. The molecule has 0 spiro atoms. The molecular formula is C18H20N4O2S2. The van der Waals surface area contributed by atoms with Crippen molar-refractivity contribution in [3.8, 4) is 16.5 Å². The Kier molecular flexibility index (Phi) is 6.19. The largest absolute Gasteiger partial charge is 0.491 e. The summed E-state index contributed by atoms with van der Waals surface area (Å²) in [5.74, 6) is 1.34. The van der Waals surface area contributed by atoms with E-state index in [1.807, 2.05) is 53.3 Å². The molecule has 3 rings (SSSR count). The molecule has 0 atom stereocenters. The Morgan fingerprint density at radius 3 is 2.96 bits per heavy atom. The molecule has 8 heteroatoms. The smallest absolute Gasteiger partial charge is 0.226 e. The molecule has 0 unspecified atom stereocenters. The second-order valence-corrected chi connectivity index (χ2v) is 6.96. The number of aromatic nitrogens is 3. The Hall–Kier alpha value is -2.45. The molecule has 1 amide bonds. The zero-order chi connectivity index (χ0) is 18.4. The number of carbonyl (C=O) groups is 1. The first kappa shape index (κ1) is 18.3. The van der Waals surface area contributed by atoms with Crippen LogP contribution in [-0.4, -0.2) is 27.3 Å². The normalized spacial score (nSPS) is 10.7. The van der Waals surface area contributed by atoms with Crippen molar-refractivity contribution >= 4 is 35.1 Å². The molecule has 2 N–H and O–H groups in total. The van der Waals surface area contributed by atoms with Gasteiger partial charge in [0.1, 0.15) is 5.75 Å². The number of nitrogens with one attached hydrogen (secondary N) is 2. The van der Waals surface area contributed by atoms with Crippen LogP contribution in [0.15, 0.2) is 41.8 Å². The maximum absolute atomic E-state index is 12.4. The third-order valence-electron chi connectivity index (χ3n) is 3.69. The van der Waals surface area contributed by atoms with E-state index in [1.165, 1.54) is 0 Å². The molecule has 0 aliphatic rings. The van der Waals surface area contributed by atoms with E-state index in [0.717, 1.165) is 17.1 Å². The molecule has 1 aromatic carbocycles. The van der Waals surface area contributed by atoms with Crippen LogP contribution in [-0.2, 0) is 11.3 Å². The van der Waals surface area contributed by atoms with Gasteiger partial charge >= 0.3 is 0 Å². The Labute approximate surface area is 160 Å². The van der Waals surface area contributed by atoms with E-state index in [2.05, 4.69) is 15.5 Å². The maximum atomic E-state index is 12.4. The van der Waals surface area contributed by atoms with Gasteiger partial charge in [0.2, 0.25) is 5.91 Å². The zero-order valence-corrected chi connectivity index (χ0v) is 16.0. The Morgan fingerprint density at radius 2 is 2.19 bits per heavy atom. The number of rotatable bonds is 8. The Bertz CT molecular complexity index is 915. The van der Waals surface area contributed by atoms with Crippen LogP contribution in [0.3, 0.4) is 0 Å². The second kappa shape index (κ2) is 8.77. The topological polar surface area (TPSA) is 71.9 Å². The van der Waals surface area contributed by atoms with Crippen molar-refractivity contribution in [1.82, 2.24) is 14.8 Å². The highest BCUT2D eigenvalue weighted by Crippen LogP contribution is 2.25. The summed E-state index contributed by atoms with van der Waals surface area (Å²) in [6.45, 7) is 3.11. The van der Waals surface area contributed by atoms with Crippen LogP contribution >= 0.6 is 23.6 Å². The molecule has 2 heterocycles. The number of anilines is 1. The summed E-state index contributed by atoms with van der Waals surface area (Å²) < 4.78 is 8.03. The number of carbonyl (C=O) groups excluding carboxylic acids is 1. The molecule has 2 aromatic heterocycles. The number of ether oxygens (including phenoxy) is 1. The summed E-state index contributed by atoms with van der Waals surface area (Å²) in [4.78, 5) is 13.4.